The number of para-hydroxylation sites is 1. The number of aryl methyl sites for hydroxylation is 2. The highest BCUT2D eigenvalue weighted by atomic mass is 16.5. The third-order valence-corrected chi connectivity index (χ3v) is 6.55. The molecule has 9 heteroatoms. The largest absolute Gasteiger partial charge is 0.493 e. The van der Waals surface area contributed by atoms with Gasteiger partial charge in [-0.25, -0.2) is 4.68 Å². The standard InChI is InChI=1S/C31H37N5O4/c1-8-40-26-16-14-22(18-27(26)39-7)29(30(38)32-31(4,5)6)36(23-15-13-20(2)21(3)17-23)28(37)19-35-25-12-10-9-11-24(25)33-34-35/h9-18,29H,8,19H2,1-7H3,(H,32,38). The smallest absolute Gasteiger partial charge is 0.249 e. The summed E-state index contributed by atoms with van der Waals surface area (Å²) in [5.74, 6) is 0.388. The molecule has 0 saturated heterocycles. The van der Waals surface area contributed by atoms with Gasteiger partial charge in [0.15, 0.2) is 11.5 Å². The van der Waals surface area contributed by atoms with Crippen molar-refractivity contribution in [3.05, 3.63) is 77.4 Å². The Labute approximate surface area is 235 Å². The van der Waals surface area contributed by atoms with Gasteiger partial charge in [-0.05, 0) is 94.6 Å². The molecule has 0 aliphatic rings. The van der Waals surface area contributed by atoms with Gasteiger partial charge < -0.3 is 14.8 Å². The van der Waals surface area contributed by atoms with Gasteiger partial charge in [0.25, 0.3) is 0 Å². The van der Waals surface area contributed by atoms with Gasteiger partial charge in [0.05, 0.1) is 19.2 Å². The highest BCUT2D eigenvalue weighted by Gasteiger charge is 2.35. The zero-order valence-electron chi connectivity index (χ0n) is 24.2. The van der Waals surface area contributed by atoms with E-state index in [4.69, 9.17) is 9.47 Å². The molecular weight excluding hydrogens is 506 g/mol. The van der Waals surface area contributed by atoms with Crippen molar-refractivity contribution in [2.75, 3.05) is 18.6 Å². The van der Waals surface area contributed by atoms with Gasteiger partial charge in [-0.3, -0.25) is 14.5 Å². The molecular formula is C31H37N5O4. The zero-order valence-corrected chi connectivity index (χ0v) is 24.2. The van der Waals surface area contributed by atoms with E-state index >= 15 is 0 Å². The summed E-state index contributed by atoms with van der Waals surface area (Å²) in [5, 5.41) is 11.5. The second-order valence-corrected chi connectivity index (χ2v) is 10.8. The van der Waals surface area contributed by atoms with Crippen LogP contribution in [0.15, 0.2) is 60.7 Å². The number of ether oxygens (including phenoxy) is 2. The molecule has 0 fully saturated rings. The monoisotopic (exact) mass is 543 g/mol. The Morgan fingerprint density at radius 1 is 1.00 bits per heavy atom. The molecule has 1 N–H and O–H groups in total. The molecule has 1 heterocycles. The lowest BCUT2D eigenvalue weighted by molar-refractivity contribution is -0.128. The minimum atomic E-state index is -1.01. The Kier molecular flexibility index (Phi) is 8.42. The number of rotatable bonds is 9. The van der Waals surface area contributed by atoms with Gasteiger partial charge in [-0.2, -0.15) is 0 Å². The van der Waals surface area contributed by atoms with Crippen molar-refractivity contribution in [1.82, 2.24) is 20.3 Å². The Morgan fingerprint density at radius 2 is 1.75 bits per heavy atom. The first kappa shape index (κ1) is 28.6. The number of hydrogen-bond acceptors (Lipinski definition) is 6. The van der Waals surface area contributed by atoms with E-state index < -0.39 is 11.6 Å². The topological polar surface area (TPSA) is 98.6 Å². The van der Waals surface area contributed by atoms with Gasteiger partial charge in [0.2, 0.25) is 11.8 Å². The maximum atomic E-state index is 14.3. The highest BCUT2D eigenvalue weighted by molar-refractivity contribution is 6.02. The Hall–Kier alpha value is -4.40. The summed E-state index contributed by atoms with van der Waals surface area (Å²) < 4.78 is 12.9. The molecule has 1 atom stereocenters. The molecule has 3 aromatic carbocycles. The second-order valence-electron chi connectivity index (χ2n) is 10.8. The number of nitrogens with one attached hydrogen (secondary N) is 1. The van der Waals surface area contributed by atoms with Crippen molar-refractivity contribution in [1.29, 1.82) is 0 Å². The molecule has 4 aromatic rings. The van der Waals surface area contributed by atoms with E-state index in [1.54, 1.807) is 34.9 Å². The van der Waals surface area contributed by atoms with Crippen molar-refractivity contribution in [2.45, 2.75) is 59.7 Å². The van der Waals surface area contributed by atoms with Gasteiger partial charge in [-0.15, -0.1) is 5.10 Å². The maximum absolute atomic E-state index is 14.3. The third kappa shape index (κ3) is 6.25. The number of carbonyl (C=O) groups is 2. The van der Waals surface area contributed by atoms with Crippen molar-refractivity contribution in [3.8, 4) is 11.5 Å². The van der Waals surface area contributed by atoms with Gasteiger partial charge in [0.1, 0.15) is 18.1 Å². The van der Waals surface area contributed by atoms with Crippen molar-refractivity contribution >= 4 is 28.5 Å². The van der Waals surface area contributed by atoms with E-state index in [1.165, 1.54) is 0 Å². The molecule has 0 bridgehead atoms. The Bertz CT molecular complexity index is 1520. The fourth-order valence-corrected chi connectivity index (χ4v) is 4.54. The zero-order chi connectivity index (χ0) is 29.0. The van der Waals surface area contributed by atoms with Gasteiger partial charge >= 0.3 is 0 Å². The van der Waals surface area contributed by atoms with Crippen molar-refractivity contribution < 1.29 is 19.1 Å². The highest BCUT2D eigenvalue weighted by Crippen LogP contribution is 2.35. The normalized spacial score (nSPS) is 12.2. The number of methoxy groups -OCH3 is 1. The first-order valence-electron chi connectivity index (χ1n) is 13.3. The summed E-state index contributed by atoms with van der Waals surface area (Å²) in [5.41, 5.74) is 4.14. The van der Waals surface area contributed by atoms with Gasteiger partial charge in [-0.1, -0.05) is 29.5 Å². The molecule has 40 heavy (non-hydrogen) atoms. The van der Waals surface area contributed by atoms with E-state index in [2.05, 4.69) is 15.6 Å². The number of amides is 2. The fraction of sp³-hybridized carbons (Fsp3) is 0.355. The fourth-order valence-electron chi connectivity index (χ4n) is 4.54. The molecule has 0 aliphatic heterocycles. The van der Waals surface area contributed by atoms with Crippen LogP contribution < -0.4 is 19.7 Å². The van der Waals surface area contributed by atoms with Crippen LogP contribution in [0.25, 0.3) is 11.0 Å². The van der Waals surface area contributed by atoms with E-state index in [0.717, 1.165) is 16.6 Å². The molecule has 0 radical (unpaired) electrons. The molecule has 4 rings (SSSR count). The Balaban J connectivity index is 1.88. The van der Waals surface area contributed by atoms with Crippen LogP contribution >= 0.6 is 0 Å². The molecule has 210 valence electrons. The number of aromatic nitrogens is 3. The number of carbonyl (C=O) groups excluding carboxylic acids is 2. The molecule has 0 aliphatic carbocycles. The number of fused-ring (bicyclic) bond motifs is 1. The quantitative estimate of drug-likeness (QED) is 0.314. The summed E-state index contributed by atoms with van der Waals surface area (Å²) in [7, 11) is 1.55. The van der Waals surface area contributed by atoms with E-state index in [1.807, 2.05) is 84.0 Å². The minimum absolute atomic E-state index is 0.110. The molecule has 0 saturated carbocycles. The molecule has 0 spiro atoms. The van der Waals surface area contributed by atoms with Crippen LogP contribution in [-0.4, -0.2) is 46.1 Å². The van der Waals surface area contributed by atoms with Crippen LogP contribution in [0.3, 0.4) is 0 Å². The van der Waals surface area contributed by atoms with Crippen molar-refractivity contribution in [2.24, 2.45) is 0 Å². The summed E-state index contributed by atoms with van der Waals surface area (Å²) in [4.78, 5) is 29.8. The summed E-state index contributed by atoms with van der Waals surface area (Å²) in [6.07, 6.45) is 0. The second kappa shape index (κ2) is 11.8. The average Bonchev–Trinajstić information content (AvgIpc) is 3.31. The van der Waals surface area contributed by atoms with E-state index in [9.17, 15) is 9.59 Å². The summed E-state index contributed by atoms with van der Waals surface area (Å²) >= 11 is 0. The van der Waals surface area contributed by atoms with Crippen molar-refractivity contribution in [3.63, 3.8) is 0 Å². The molecule has 1 aromatic heterocycles. The summed E-state index contributed by atoms with van der Waals surface area (Å²) in [6.45, 7) is 12.0. The molecule has 2 amide bonds. The Morgan fingerprint density at radius 3 is 2.42 bits per heavy atom. The van der Waals surface area contributed by atoms with Crippen LogP contribution in [-0.2, 0) is 16.1 Å². The number of nitrogens with zero attached hydrogens (tertiary/aromatic N) is 4. The van der Waals surface area contributed by atoms with Gasteiger partial charge in [0, 0.05) is 11.2 Å². The first-order chi connectivity index (χ1) is 19.0. The predicted octanol–water partition coefficient (Wildman–Crippen LogP) is 5.14. The maximum Gasteiger partial charge on any atom is 0.249 e. The average molecular weight is 544 g/mol. The van der Waals surface area contributed by atoms with Crippen LogP contribution in [0.1, 0.15) is 50.4 Å². The van der Waals surface area contributed by atoms with Crippen LogP contribution in [0, 0.1) is 13.8 Å². The van der Waals surface area contributed by atoms with Crippen LogP contribution in [0.5, 0.6) is 11.5 Å². The van der Waals surface area contributed by atoms with Crippen LogP contribution in [0.2, 0.25) is 0 Å². The SMILES string of the molecule is CCOc1ccc(C(C(=O)NC(C)(C)C)N(C(=O)Cn2nnc3ccccc32)c2ccc(C)c(C)c2)cc1OC. The van der Waals surface area contributed by atoms with Crippen LogP contribution in [0.4, 0.5) is 5.69 Å². The number of hydrogen-bond donors (Lipinski definition) is 1. The minimum Gasteiger partial charge on any atom is -0.493 e. The third-order valence-electron chi connectivity index (χ3n) is 6.55. The lowest BCUT2D eigenvalue weighted by Gasteiger charge is -2.34. The predicted molar refractivity (Wildman–Crippen MR) is 156 cm³/mol. The number of anilines is 1. The molecule has 9 nitrogen and oxygen atoms in total. The van der Waals surface area contributed by atoms with E-state index in [-0.39, 0.29) is 18.4 Å². The van der Waals surface area contributed by atoms with E-state index in [0.29, 0.717) is 34.9 Å². The summed E-state index contributed by atoms with van der Waals surface area (Å²) in [6, 6.07) is 17.5. The lowest BCUT2D eigenvalue weighted by atomic mass is 9.99. The molecule has 1 unspecified atom stereocenters. The number of benzene rings is 3. The first-order valence-corrected chi connectivity index (χ1v) is 13.3. The lowest BCUT2D eigenvalue weighted by Crippen LogP contribution is -2.50.